The Hall–Kier alpha value is -2.07. The molecule has 0 fully saturated rings. The van der Waals surface area contributed by atoms with E-state index in [9.17, 15) is 0 Å². The second kappa shape index (κ2) is 4.90. The van der Waals surface area contributed by atoms with Gasteiger partial charge in [-0.3, -0.25) is 0 Å². The molecule has 0 aliphatic rings. The molecule has 98 valence electrons. The second-order valence-electron chi connectivity index (χ2n) is 4.76. The third-order valence-electron chi connectivity index (χ3n) is 3.32. The van der Waals surface area contributed by atoms with Crippen molar-refractivity contribution in [2.24, 2.45) is 0 Å². The Morgan fingerprint density at radius 3 is 3.05 bits per heavy atom. The van der Waals surface area contributed by atoms with Gasteiger partial charge in [0, 0.05) is 24.3 Å². The first-order valence-electron chi connectivity index (χ1n) is 6.45. The number of aryl methyl sites for hydroxylation is 1. The van der Waals surface area contributed by atoms with Gasteiger partial charge >= 0.3 is 0 Å². The molecule has 0 bridgehead atoms. The zero-order valence-electron chi connectivity index (χ0n) is 11.1. The maximum Gasteiger partial charge on any atom is 0.137 e. The van der Waals surface area contributed by atoms with E-state index in [1.807, 2.05) is 31.3 Å². The Bertz CT molecular complexity index is 683. The lowest BCUT2D eigenvalue weighted by Gasteiger charge is -2.10. The quantitative estimate of drug-likeness (QED) is 0.752. The Kier molecular flexibility index (Phi) is 3.09. The SMILES string of the molecule is Cc1ccc(C(C)NCc2c[nH]c3ncccc23)o1. The number of pyridine rings is 1. The number of hydrogen-bond acceptors (Lipinski definition) is 3. The molecule has 4 nitrogen and oxygen atoms in total. The largest absolute Gasteiger partial charge is 0.465 e. The lowest BCUT2D eigenvalue weighted by molar-refractivity contribution is 0.416. The summed E-state index contributed by atoms with van der Waals surface area (Å²) in [5, 5.41) is 4.63. The van der Waals surface area contributed by atoms with Crippen LogP contribution in [0.1, 0.15) is 30.0 Å². The number of aromatic nitrogens is 2. The van der Waals surface area contributed by atoms with E-state index < -0.39 is 0 Å². The van der Waals surface area contributed by atoms with Gasteiger partial charge in [-0.25, -0.2) is 4.98 Å². The van der Waals surface area contributed by atoms with Crippen molar-refractivity contribution in [3.8, 4) is 0 Å². The van der Waals surface area contributed by atoms with Gasteiger partial charge in [0.15, 0.2) is 0 Å². The van der Waals surface area contributed by atoms with Crippen molar-refractivity contribution >= 4 is 11.0 Å². The van der Waals surface area contributed by atoms with Gasteiger partial charge in [0.25, 0.3) is 0 Å². The lowest BCUT2D eigenvalue weighted by atomic mass is 10.2. The third kappa shape index (κ3) is 2.39. The Morgan fingerprint density at radius 1 is 1.37 bits per heavy atom. The van der Waals surface area contributed by atoms with E-state index in [1.54, 1.807) is 6.20 Å². The van der Waals surface area contributed by atoms with Crippen LogP contribution in [0, 0.1) is 6.92 Å². The minimum atomic E-state index is 0.190. The van der Waals surface area contributed by atoms with E-state index in [-0.39, 0.29) is 6.04 Å². The molecule has 4 heteroatoms. The molecule has 0 spiro atoms. The second-order valence-corrected chi connectivity index (χ2v) is 4.76. The fourth-order valence-corrected chi connectivity index (χ4v) is 2.21. The summed E-state index contributed by atoms with van der Waals surface area (Å²) in [7, 11) is 0. The van der Waals surface area contributed by atoms with Crippen molar-refractivity contribution in [1.82, 2.24) is 15.3 Å². The zero-order chi connectivity index (χ0) is 13.2. The molecule has 2 N–H and O–H groups in total. The van der Waals surface area contributed by atoms with E-state index in [4.69, 9.17) is 4.42 Å². The molecule has 3 aromatic heterocycles. The fourth-order valence-electron chi connectivity index (χ4n) is 2.21. The molecule has 0 aromatic carbocycles. The minimum absolute atomic E-state index is 0.190. The van der Waals surface area contributed by atoms with E-state index in [0.717, 1.165) is 29.1 Å². The highest BCUT2D eigenvalue weighted by Crippen LogP contribution is 2.19. The van der Waals surface area contributed by atoms with Crippen LogP contribution in [0.4, 0.5) is 0 Å². The minimum Gasteiger partial charge on any atom is -0.465 e. The summed E-state index contributed by atoms with van der Waals surface area (Å²) >= 11 is 0. The molecule has 3 aromatic rings. The van der Waals surface area contributed by atoms with Crippen molar-refractivity contribution < 1.29 is 4.42 Å². The number of rotatable bonds is 4. The van der Waals surface area contributed by atoms with Crippen molar-refractivity contribution in [1.29, 1.82) is 0 Å². The highest BCUT2D eigenvalue weighted by molar-refractivity contribution is 5.79. The van der Waals surface area contributed by atoms with Crippen LogP contribution in [0.5, 0.6) is 0 Å². The van der Waals surface area contributed by atoms with Crippen LogP contribution in [0.15, 0.2) is 41.1 Å². The van der Waals surface area contributed by atoms with Gasteiger partial charge in [-0.05, 0) is 43.7 Å². The number of nitrogens with one attached hydrogen (secondary N) is 2. The summed E-state index contributed by atoms with van der Waals surface area (Å²) in [5.41, 5.74) is 2.15. The average Bonchev–Trinajstić information content (AvgIpc) is 3.02. The van der Waals surface area contributed by atoms with Gasteiger partial charge in [0.05, 0.1) is 6.04 Å². The van der Waals surface area contributed by atoms with Crippen LogP contribution < -0.4 is 5.32 Å². The van der Waals surface area contributed by atoms with Crippen molar-refractivity contribution in [3.05, 3.63) is 53.7 Å². The molecule has 1 unspecified atom stereocenters. The van der Waals surface area contributed by atoms with Gasteiger partial charge in [-0.2, -0.15) is 0 Å². The van der Waals surface area contributed by atoms with Gasteiger partial charge in [0.1, 0.15) is 17.2 Å². The summed E-state index contributed by atoms with van der Waals surface area (Å²) < 4.78 is 5.62. The lowest BCUT2D eigenvalue weighted by Crippen LogP contribution is -2.17. The third-order valence-corrected chi connectivity index (χ3v) is 3.32. The highest BCUT2D eigenvalue weighted by Gasteiger charge is 2.10. The number of aromatic amines is 1. The summed E-state index contributed by atoms with van der Waals surface area (Å²) in [6.45, 7) is 4.85. The smallest absolute Gasteiger partial charge is 0.137 e. The molecule has 1 atom stereocenters. The summed E-state index contributed by atoms with van der Waals surface area (Å²) in [6.07, 6.45) is 3.80. The van der Waals surface area contributed by atoms with Crippen LogP contribution >= 0.6 is 0 Å². The standard InChI is InChI=1S/C15H17N3O/c1-10-5-6-14(19-10)11(2)17-8-12-9-18-15-13(12)4-3-7-16-15/h3-7,9,11,17H,8H2,1-2H3,(H,16,18). The van der Waals surface area contributed by atoms with Gasteiger partial charge in [-0.15, -0.1) is 0 Å². The molecule has 0 aliphatic carbocycles. The van der Waals surface area contributed by atoms with Gasteiger partial charge in [0.2, 0.25) is 0 Å². The van der Waals surface area contributed by atoms with E-state index in [1.165, 1.54) is 5.56 Å². The van der Waals surface area contributed by atoms with Crippen LogP contribution in [0.2, 0.25) is 0 Å². The topological polar surface area (TPSA) is 53.9 Å². The number of fused-ring (bicyclic) bond motifs is 1. The molecule has 3 heterocycles. The molecule has 19 heavy (non-hydrogen) atoms. The first kappa shape index (κ1) is 12.0. The van der Waals surface area contributed by atoms with Crippen molar-refractivity contribution in [2.45, 2.75) is 26.4 Å². The molecular weight excluding hydrogens is 238 g/mol. The molecule has 0 amide bonds. The van der Waals surface area contributed by atoms with Crippen LogP contribution in [-0.2, 0) is 6.54 Å². The Morgan fingerprint density at radius 2 is 2.26 bits per heavy atom. The number of nitrogens with zero attached hydrogens (tertiary/aromatic N) is 1. The average molecular weight is 255 g/mol. The van der Waals surface area contributed by atoms with Crippen LogP contribution in [-0.4, -0.2) is 9.97 Å². The number of H-pyrrole nitrogens is 1. The molecule has 0 saturated heterocycles. The number of furan rings is 1. The molecule has 3 rings (SSSR count). The maximum atomic E-state index is 5.62. The Labute approximate surface area is 111 Å². The van der Waals surface area contributed by atoms with Crippen molar-refractivity contribution in [2.75, 3.05) is 0 Å². The Balaban J connectivity index is 1.72. The first-order valence-corrected chi connectivity index (χ1v) is 6.45. The maximum absolute atomic E-state index is 5.62. The fraction of sp³-hybridized carbons (Fsp3) is 0.267. The van der Waals surface area contributed by atoms with E-state index >= 15 is 0 Å². The molecule has 0 saturated carbocycles. The molecular formula is C15H17N3O. The number of hydrogen-bond donors (Lipinski definition) is 2. The van der Waals surface area contributed by atoms with Crippen LogP contribution in [0.3, 0.4) is 0 Å². The predicted octanol–water partition coefficient (Wildman–Crippen LogP) is 3.32. The van der Waals surface area contributed by atoms with Gasteiger partial charge < -0.3 is 14.7 Å². The molecule has 0 radical (unpaired) electrons. The first-order chi connectivity index (χ1) is 9.24. The molecule has 0 aliphatic heterocycles. The van der Waals surface area contributed by atoms with Crippen LogP contribution in [0.25, 0.3) is 11.0 Å². The zero-order valence-corrected chi connectivity index (χ0v) is 11.1. The summed E-state index contributed by atoms with van der Waals surface area (Å²) in [5.74, 6) is 1.91. The van der Waals surface area contributed by atoms with E-state index in [0.29, 0.717) is 0 Å². The normalized spacial score (nSPS) is 12.9. The predicted molar refractivity (Wildman–Crippen MR) is 74.8 cm³/mol. The highest BCUT2D eigenvalue weighted by atomic mass is 16.3. The van der Waals surface area contributed by atoms with Gasteiger partial charge in [-0.1, -0.05) is 0 Å². The summed E-state index contributed by atoms with van der Waals surface area (Å²) in [6, 6.07) is 8.24. The summed E-state index contributed by atoms with van der Waals surface area (Å²) in [4.78, 5) is 7.47. The van der Waals surface area contributed by atoms with Crippen molar-refractivity contribution in [3.63, 3.8) is 0 Å². The monoisotopic (exact) mass is 255 g/mol. The van der Waals surface area contributed by atoms with E-state index in [2.05, 4.69) is 28.3 Å².